The molecule has 6 nitrogen and oxygen atoms in total. The number of aromatic nitrogens is 1. The summed E-state index contributed by atoms with van der Waals surface area (Å²) < 4.78 is 0. The van der Waals surface area contributed by atoms with Gasteiger partial charge in [0.15, 0.2) is 0 Å². The van der Waals surface area contributed by atoms with Crippen molar-refractivity contribution in [3.63, 3.8) is 0 Å². The number of rotatable bonds is 3. The molecule has 1 amide bonds. The van der Waals surface area contributed by atoms with Gasteiger partial charge >= 0.3 is 5.97 Å². The number of aliphatic carboxylic acids is 1. The van der Waals surface area contributed by atoms with Crippen molar-refractivity contribution in [2.45, 2.75) is 19.3 Å². The maximum atomic E-state index is 13.0. The van der Waals surface area contributed by atoms with Crippen LogP contribution in [-0.2, 0) is 9.59 Å². The van der Waals surface area contributed by atoms with E-state index in [4.69, 9.17) is 0 Å². The fourth-order valence-corrected chi connectivity index (χ4v) is 4.91. The number of nitrogens with zero attached hydrogens (tertiary/aromatic N) is 3. The summed E-state index contributed by atoms with van der Waals surface area (Å²) in [5.74, 6) is -0.0720. The Morgan fingerprint density at radius 1 is 1.04 bits per heavy atom. The summed E-state index contributed by atoms with van der Waals surface area (Å²) in [7, 11) is 0. The molecule has 1 aliphatic heterocycles. The van der Waals surface area contributed by atoms with Gasteiger partial charge in [0.2, 0.25) is 5.91 Å². The van der Waals surface area contributed by atoms with E-state index in [2.05, 4.69) is 9.88 Å². The first-order chi connectivity index (χ1) is 11.6. The molecule has 2 heterocycles. The molecule has 24 heavy (non-hydrogen) atoms. The second-order valence-electron chi connectivity index (χ2n) is 7.22. The quantitative estimate of drug-likeness (QED) is 0.909. The lowest BCUT2D eigenvalue weighted by atomic mass is 9.78. The summed E-state index contributed by atoms with van der Waals surface area (Å²) in [6, 6.07) is 5.84. The van der Waals surface area contributed by atoms with Crippen molar-refractivity contribution >= 4 is 17.7 Å². The fraction of sp³-hybridized carbons (Fsp3) is 0.611. The number of anilines is 1. The van der Waals surface area contributed by atoms with Crippen molar-refractivity contribution in [2.24, 2.45) is 23.7 Å². The van der Waals surface area contributed by atoms with E-state index in [-0.39, 0.29) is 23.7 Å². The average Bonchev–Trinajstić information content (AvgIpc) is 3.23. The van der Waals surface area contributed by atoms with Crippen LogP contribution in [0, 0.1) is 23.7 Å². The first-order valence-electron chi connectivity index (χ1n) is 8.82. The highest BCUT2D eigenvalue weighted by atomic mass is 16.4. The Morgan fingerprint density at radius 3 is 2.38 bits per heavy atom. The maximum Gasteiger partial charge on any atom is 0.307 e. The normalized spacial score (nSPS) is 32.2. The summed E-state index contributed by atoms with van der Waals surface area (Å²) in [4.78, 5) is 33.0. The number of carboxylic acids is 1. The van der Waals surface area contributed by atoms with Crippen LogP contribution in [0.15, 0.2) is 24.4 Å². The van der Waals surface area contributed by atoms with Gasteiger partial charge < -0.3 is 14.9 Å². The van der Waals surface area contributed by atoms with Crippen LogP contribution in [0.2, 0.25) is 0 Å². The molecule has 2 bridgehead atoms. The zero-order valence-electron chi connectivity index (χ0n) is 13.7. The summed E-state index contributed by atoms with van der Waals surface area (Å²) in [6.45, 7) is 2.80. The number of hydrogen-bond acceptors (Lipinski definition) is 4. The largest absolute Gasteiger partial charge is 0.481 e. The smallest absolute Gasteiger partial charge is 0.307 e. The van der Waals surface area contributed by atoms with Gasteiger partial charge in [-0.3, -0.25) is 9.59 Å². The first kappa shape index (κ1) is 15.4. The average molecular weight is 329 g/mol. The predicted molar refractivity (Wildman–Crippen MR) is 88.5 cm³/mol. The Balaban J connectivity index is 1.42. The Morgan fingerprint density at radius 2 is 1.75 bits per heavy atom. The number of carbonyl (C=O) groups excluding carboxylic acids is 1. The number of hydrogen-bond donors (Lipinski definition) is 1. The van der Waals surface area contributed by atoms with E-state index in [1.807, 2.05) is 23.1 Å². The third-order valence-corrected chi connectivity index (χ3v) is 6.05. The summed E-state index contributed by atoms with van der Waals surface area (Å²) >= 11 is 0. The second-order valence-corrected chi connectivity index (χ2v) is 7.22. The molecule has 4 atom stereocenters. The first-order valence-corrected chi connectivity index (χ1v) is 8.82. The van der Waals surface area contributed by atoms with Crippen LogP contribution in [-0.4, -0.2) is 53.0 Å². The Labute approximate surface area is 141 Å². The summed E-state index contributed by atoms with van der Waals surface area (Å²) in [5.41, 5.74) is 0. The van der Waals surface area contributed by atoms with E-state index in [1.54, 1.807) is 6.20 Å². The monoisotopic (exact) mass is 329 g/mol. The zero-order chi connectivity index (χ0) is 16.7. The minimum atomic E-state index is -0.785. The molecule has 128 valence electrons. The van der Waals surface area contributed by atoms with Gasteiger partial charge in [-0.15, -0.1) is 0 Å². The van der Waals surface area contributed by atoms with E-state index in [1.165, 1.54) is 0 Å². The van der Waals surface area contributed by atoms with E-state index in [9.17, 15) is 14.7 Å². The van der Waals surface area contributed by atoms with E-state index >= 15 is 0 Å². The molecule has 1 saturated heterocycles. The van der Waals surface area contributed by atoms with Gasteiger partial charge in [0.1, 0.15) is 5.82 Å². The number of pyridine rings is 1. The number of fused-ring (bicyclic) bond motifs is 2. The minimum Gasteiger partial charge on any atom is -0.481 e. The predicted octanol–water partition coefficient (Wildman–Crippen LogP) is 1.48. The molecular formula is C18H23N3O3. The number of piperazine rings is 1. The highest BCUT2D eigenvalue weighted by Gasteiger charge is 2.54. The van der Waals surface area contributed by atoms with Gasteiger partial charge in [-0.1, -0.05) is 6.07 Å². The third kappa shape index (κ3) is 2.54. The SMILES string of the molecule is O=C(O)[C@H]1[C@H]2CC[C@H](C2)[C@@H]1C(=O)N1CCN(c2ccccn2)CC1. The molecule has 0 unspecified atom stereocenters. The number of carboxylic acid groups (broad SMARTS) is 1. The molecule has 1 N–H and O–H groups in total. The van der Waals surface area contributed by atoms with Crippen LogP contribution in [0.5, 0.6) is 0 Å². The molecule has 1 aromatic rings. The lowest BCUT2D eigenvalue weighted by molar-refractivity contribution is -0.153. The van der Waals surface area contributed by atoms with E-state index < -0.39 is 11.9 Å². The second kappa shape index (κ2) is 6.07. The van der Waals surface area contributed by atoms with Crippen LogP contribution in [0.25, 0.3) is 0 Å². The molecule has 1 aromatic heterocycles. The topological polar surface area (TPSA) is 73.7 Å². The Kier molecular flexibility index (Phi) is 3.90. The van der Waals surface area contributed by atoms with Crippen molar-refractivity contribution < 1.29 is 14.7 Å². The molecule has 4 rings (SSSR count). The van der Waals surface area contributed by atoms with Crippen LogP contribution >= 0.6 is 0 Å². The minimum absolute atomic E-state index is 0.0651. The highest BCUT2D eigenvalue weighted by molar-refractivity contribution is 5.86. The van der Waals surface area contributed by atoms with Gasteiger partial charge in [-0.25, -0.2) is 4.98 Å². The van der Waals surface area contributed by atoms with Crippen molar-refractivity contribution in [2.75, 3.05) is 31.1 Å². The van der Waals surface area contributed by atoms with Crippen molar-refractivity contribution in [1.82, 2.24) is 9.88 Å². The van der Waals surface area contributed by atoms with Gasteiger partial charge in [0, 0.05) is 32.4 Å². The number of carbonyl (C=O) groups is 2. The highest BCUT2D eigenvalue weighted by Crippen LogP contribution is 2.53. The van der Waals surface area contributed by atoms with Crippen molar-refractivity contribution in [1.29, 1.82) is 0 Å². The molecule has 3 aliphatic rings. The summed E-state index contributed by atoms with van der Waals surface area (Å²) in [6.07, 6.45) is 4.68. The van der Waals surface area contributed by atoms with Gasteiger partial charge in [-0.05, 0) is 43.2 Å². The molecule has 2 saturated carbocycles. The molecule has 0 spiro atoms. The Hall–Kier alpha value is -2.11. The van der Waals surface area contributed by atoms with Crippen molar-refractivity contribution in [3.8, 4) is 0 Å². The fourth-order valence-electron chi connectivity index (χ4n) is 4.91. The molecule has 3 fully saturated rings. The van der Waals surface area contributed by atoms with Gasteiger partial charge in [0.25, 0.3) is 0 Å². The molecule has 0 radical (unpaired) electrons. The van der Waals surface area contributed by atoms with Gasteiger partial charge in [-0.2, -0.15) is 0 Å². The van der Waals surface area contributed by atoms with Crippen LogP contribution in [0.3, 0.4) is 0 Å². The standard InChI is InChI=1S/C18H23N3O3/c22-17(15-12-4-5-13(11-12)16(15)18(23)24)21-9-7-20(8-10-21)14-3-1-2-6-19-14/h1-3,6,12-13,15-16H,4-5,7-11H2,(H,23,24)/t12-,13+,15+,16+/m1/s1. The zero-order valence-corrected chi connectivity index (χ0v) is 13.7. The molecule has 2 aliphatic carbocycles. The van der Waals surface area contributed by atoms with E-state index in [0.29, 0.717) is 13.1 Å². The van der Waals surface area contributed by atoms with Crippen molar-refractivity contribution in [3.05, 3.63) is 24.4 Å². The van der Waals surface area contributed by atoms with Crippen LogP contribution in [0.1, 0.15) is 19.3 Å². The van der Waals surface area contributed by atoms with Crippen LogP contribution < -0.4 is 4.90 Å². The lowest BCUT2D eigenvalue weighted by Gasteiger charge is -2.38. The lowest BCUT2D eigenvalue weighted by Crippen LogP contribution is -2.52. The number of amides is 1. The molecular weight excluding hydrogens is 306 g/mol. The Bertz CT molecular complexity index is 628. The molecule has 0 aromatic carbocycles. The molecule has 6 heteroatoms. The maximum absolute atomic E-state index is 13.0. The summed E-state index contributed by atoms with van der Waals surface area (Å²) in [5, 5.41) is 9.56. The van der Waals surface area contributed by atoms with Gasteiger partial charge in [0.05, 0.1) is 11.8 Å². The third-order valence-electron chi connectivity index (χ3n) is 6.05. The van der Waals surface area contributed by atoms with E-state index in [0.717, 1.165) is 38.2 Å². The van der Waals surface area contributed by atoms with Crippen LogP contribution in [0.4, 0.5) is 5.82 Å².